The van der Waals surface area contributed by atoms with Crippen molar-refractivity contribution in [1.82, 2.24) is 0 Å². The van der Waals surface area contributed by atoms with Crippen LogP contribution < -0.4 is 5.32 Å². The van der Waals surface area contributed by atoms with Gasteiger partial charge in [-0.15, -0.1) is 0 Å². The zero-order chi connectivity index (χ0) is 12.0. The molecule has 0 amide bonds. The van der Waals surface area contributed by atoms with Crippen LogP contribution in [0.2, 0.25) is 0 Å². The lowest BCUT2D eigenvalue weighted by Gasteiger charge is -2.27. The van der Waals surface area contributed by atoms with Crippen molar-refractivity contribution in [3.8, 4) is 0 Å². The van der Waals surface area contributed by atoms with E-state index in [1.807, 2.05) is 0 Å². The second-order valence-corrected chi connectivity index (χ2v) is 6.89. The van der Waals surface area contributed by atoms with Gasteiger partial charge in [0.25, 0.3) is 9.05 Å². The topological polar surface area (TPSA) is 58.5 Å². The van der Waals surface area contributed by atoms with Crippen molar-refractivity contribution in [3.05, 3.63) is 29.8 Å². The van der Waals surface area contributed by atoms with Gasteiger partial charge in [-0.2, -0.15) is 0 Å². The van der Waals surface area contributed by atoms with Gasteiger partial charge in [-0.3, -0.25) is 0 Å². The number of nitrogens with one attached hydrogen (secondary N) is 1. The summed E-state index contributed by atoms with van der Waals surface area (Å²) < 4.78 is 20.4. The number of para-hydroxylation sites is 1. The number of benzene rings is 1. The van der Waals surface area contributed by atoms with Crippen LogP contribution in [0.25, 0.3) is 0 Å². The third-order valence-corrected chi connectivity index (χ3v) is 4.83. The van der Waals surface area contributed by atoms with E-state index in [1.165, 1.54) is 0 Å². The minimum atomic E-state index is -4.15. The van der Waals surface area contributed by atoms with Gasteiger partial charge in [0.05, 0.1) is 0 Å². The molecule has 1 atom stereocenters. The number of alkyl halides is 1. The third-order valence-electron chi connectivity index (χ3n) is 2.00. The Balaban J connectivity index is 2.61. The predicted molar refractivity (Wildman–Crippen MR) is 65.8 cm³/mol. The molecule has 1 aromatic rings. The van der Waals surface area contributed by atoms with Crippen LogP contribution >= 0.6 is 33.9 Å². The second kappa shape index (κ2) is 3.77. The molecule has 0 aliphatic carbocycles. The SMILES string of the molecule is O=S(=O)(Cl)C1(Cl)N=C(Cl)c2ccccc2N1. The summed E-state index contributed by atoms with van der Waals surface area (Å²) >= 11 is 11.6. The summed E-state index contributed by atoms with van der Waals surface area (Å²) in [5.41, 5.74) is 1.03. The highest BCUT2D eigenvalue weighted by molar-refractivity contribution is 8.15. The first-order valence-electron chi connectivity index (χ1n) is 4.09. The van der Waals surface area contributed by atoms with Gasteiger partial charge < -0.3 is 5.32 Å². The Labute approximate surface area is 107 Å². The van der Waals surface area contributed by atoms with Gasteiger partial charge in [0, 0.05) is 21.9 Å². The number of hydrogen-bond donors (Lipinski definition) is 1. The Hall–Kier alpha value is -0.490. The molecule has 1 N–H and O–H groups in total. The van der Waals surface area contributed by atoms with Crippen LogP contribution in [-0.2, 0) is 9.05 Å². The molecule has 16 heavy (non-hydrogen) atoms. The largest absolute Gasteiger partial charge is 0.334 e. The van der Waals surface area contributed by atoms with Gasteiger partial charge >= 0.3 is 4.45 Å². The number of anilines is 1. The minimum Gasteiger partial charge on any atom is -0.334 e. The van der Waals surface area contributed by atoms with Gasteiger partial charge in [0.2, 0.25) is 0 Å². The summed E-state index contributed by atoms with van der Waals surface area (Å²) in [6, 6.07) is 6.77. The van der Waals surface area contributed by atoms with Crippen LogP contribution in [0.3, 0.4) is 0 Å². The van der Waals surface area contributed by atoms with Crippen molar-refractivity contribution in [2.24, 2.45) is 4.99 Å². The lowest BCUT2D eigenvalue weighted by molar-refractivity contribution is 0.594. The van der Waals surface area contributed by atoms with E-state index in [0.717, 1.165) is 0 Å². The smallest absolute Gasteiger partial charge is 0.327 e. The lowest BCUT2D eigenvalue weighted by atomic mass is 10.2. The number of hydrogen-bond acceptors (Lipinski definition) is 4. The summed E-state index contributed by atoms with van der Waals surface area (Å²) in [4.78, 5) is 3.64. The van der Waals surface area contributed by atoms with Crippen molar-refractivity contribution < 1.29 is 8.42 Å². The third kappa shape index (κ3) is 1.88. The number of rotatable bonds is 1. The molecule has 0 radical (unpaired) electrons. The molecule has 1 aliphatic rings. The van der Waals surface area contributed by atoms with Crippen molar-refractivity contribution in [2.45, 2.75) is 4.45 Å². The van der Waals surface area contributed by atoms with Crippen LogP contribution in [0.4, 0.5) is 5.69 Å². The molecule has 0 aromatic heterocycles. The molecule has 1 aliphatic heterocycles. The fraction of sp³-hybridized carbons (Fsp3) is 0.125. The summed E-state index contributed by atoms with van der Waals surface area (Å²) in [5.74, 6) is 0. The first-order valence-corrected chi connectivity index (χ1v) is 7.16. The zero-order valence-corrected chi connectivity index (χ0v) is 10.7. The van der Waals surface area contributed by atoms with Gasteiger partial charge in [0.1, 0.15) is 5.17 Å². The standard InChI is InChI=1S/C8H5Cl3N2O2S/c9-7-5-3-1-2-4-6(5)12-8(10,13-7)16(11,14)15/h1-4,12H. The van der Waals surface area contributed by atoms with Crippen molar-refractivity contribution >= 4 is 53.8 Å². The Morgan fingerprint density at radius 2 is 1.94 bits per heavy atom. The van der Waals surface area contributed by atoms with E-state index in [2.05, 4.69) is 10.3 Å². The Morgan fingerprint density at radius 3 is 2.56 bits per heavy atom. The molecule has 8 heteroatoms. The molecule has 0 fully saturated rings. The van der Waals surface area contributed by atoms with E-state index < -0.39 is 13.5 Å². The number of halogens is 3. The average Bonchev–Trinajstić information content (AvgIpc) is 2.15. The summed E-state index contributed by atoms with van der Waals surface area (Å²) in [7, 11) is 1.05. The molecule has 1 heterocycles. The van der Waals surface area contributed by atoms with Gasteiger partial charge in [-0.25, -0.2) is 13.4 Å². The Kier molecular flexibility index (Phi) is 2.82. The average molecular weight is 300 g/mol. The summed E-state index contributed by atoms with van der Waals surface area (Å²) in [6.07, 6.45) is 0. The summed E-state index contributed by atoms with van der Waals surface area (Å²) in [6.45, 7) is 0. The van der Waals surface area contributed by atoms with Crippen molar-refractivity contribution in [2.75, 3.05) is 5.32 Å². The fourth-order valence-electron chi connectivity index (χ4n) is 1.27. The molecule has 86 valence electrons. The molecular formula is C8H5Cl3N2O2S. The highest BCUT2D eigenvalue weighted by Gasteiger charge is 2.44. The maximum atomic E-state index is 11.3. The number of aliphatic imine (C=N–C) groups is 1. The molecule has 1 aromatic carbocycles. The lowest BCUT2D eigenvalue weighted by Crippen LogP contribution is -2.39. The molecule has 0 bridgehead atoms. The molecular weight excluding hydrogens is 295 g/mol. The van der Waals surface area contributed by atoms with Crippen LogP contribution in [0, 0.1) is 0 Å². The van der Waals surface area contributed by atoms with E-state index in [0.29, 0.717) is 11.3 Å². The summed E-state index contributed by atoms with van der Waals surface area (Å²) in [5, 5.41) is 2.51. The van der Waals surface area contributed by atoms with E-state index in [9.17, 15) is 8.42 Å². The van der Waals surface area contributed by atoms with E-state index >= 15 is 0 Å². The molecule has 1 unspecified atom stereocenters. The van der Waals surface area contributed by atoms with E-state index in [1.54, 1.807) is 24.3 Å². The maximum absolute atomic E-state index is 11.3. The molecule has 0 saturated heterocycles. The van der Waals surface area contributed by atoms with Crippen LogP contribution in [0.1, 0.15) is 5.56 Å². The van der Waals surface area contributed by atoms with Crippen LogP contribution in [0.15, 0.2) is 29.3 Å². The number of nitrogens with zero attached hydrogens (tertiary/aromatic N) is 1. The second-order valence-electron chi connectivity index (χ2n) is 3.07. The van der Waals surface area contributed by atoms with Crippen LogP contribution in [0.5, 0.6) is 0 Å². The molecule has 2 rings (SSSR count). The van der Waals surface area contributed by atoms with Gasteiger partial charge in [0.15, 0.2) is 0 Å². The monoisotopic (exact) mass is 298 g/mol. The normalized spacial score (nSPS) is 24.3. The predicted octanol–water partition coefficient (Wildman–Crippen LogP) is 2.52. The highest BCUT2D eigenvalue weighted by Crippen LogP contribution is 2.36. The molecule has 0 saturated carbocycles. The maximum Gasteiger partial charge on any atom is 0.327 e. The highest BCUT2D eigenvalue weighted by atomic mass is 35.7. The molecule has 0 spiro atoms. The van der Waals surface area contributed by atoms with E-state index in [-0.39, 0.29) is 5.17 Å². The molecule has 4 nitrogen and oxygen atoms in total. The van der Waals surface area contributed by atoms with Gasteiger partial charge in [-0.1, -0.05) is 35.3 Å². The first kappa shape index (κ1) is 12.0. The van der Waals surface area contributed by atoms with Gasteiger partial charge in [-0.05, 0) is 12.1 Å². The van der Waals surface area contributed by atoms with Crippen molar-refractivity contribution in [3.63, 3.8) is 0 Å². The Bertz CT molecular complexity index is 572. The Morgan fingerprint density at radius 1 is 1.31 bits per heavy atom. The van der Waals surface area contributed by atoms with E-state index in [4.69, 9.17) is 33.9 Å². The quantitative estimate of drug-likeness (QED) is 0.492. The minimum absolute atomic E-state index is 0.00595. The van der Waals surface area contributed by atoms with Crippen LogP contribution in [-0.4, -0.2) is 18.0 Å². The fourth-order valence-corrected chi connectivity index (χ4v) is 2.49. The zero-order valence-electron chi connectivity index (χ0n) is 7.62. The number of fused-ring (bicyclic) bond motifs is 1. The van der Waals surface area contributed by atoms with Crippen molar-refractivity contribution in [1.29, 1.82) is 0 Å². The first-order chi connectivity index (χ1) is 7.33.